The van der Waals surface area contributed by atoms with Gasteiger partial charge in [0.2, 0.25) is 5.91 Å². The molecule has 2 saturated heterocycles. The third kappa shape index (κ3) is 8.28. The zero-order chi connectivity index (χ0) is 30.1. The molecule has 4 rings (SSSR count). The molecule has 2 fully saturated rings. The molecule has 2 aliphatic heterocycles. The Bertz CT molecular complexity index is 1270. The van der Waals surface area contributed by atoms with Gasteiger partial charge in [-0.3, -0.25) is 14.2 Å². The zero-order valence-electron chi connectivity index (χ0n) is 23.8. The lowest BCUT2D eigenvalue weighted by molar-refractivity contribution is -0.134. The van der Waals surface area contributed by atoms with Crippen molar-refractivity contribution in [2.24, 2.45) is 0 Å². The Morgan fingerprint density at radius 1 is 1.07 bits per heavy atom. The number of carbonyl (C=O) groups is 3. The van der Waals surface area contributed by atoms with Gasteiger partial charge in [-0.25, -0.2) is 9.78 Å². The van der Waals surface area contributed by atoms with Crippen molar-refractivity contribution in [3.05, 3.63) is 48.2 Å². The highest BCUT2D eigenvalue weighted by Gasteiger charge is 2.37. The van der Waals surface area contributed by atoms with E-state index in [4.69, 9.17) is 18.5 Å². The first-order valence-corrected chi connectivity index (χ1v) is 15.7. The Kier molecular flexibility index (Phi) is 10.9. The molecule has 1 aromatic heterocycles. The Morgan fingerprint density at radius 2 is 1.74 bits per heavy atom. The van der Waals surface area contributed by atoms with Crippen molar-refractivity contribution in [1.82, 2.24) is 20.1 Å². The Morgan fingerprint density at radius 3 is 2.33 bits per heavy atom. The standard InChI is InChI=1S/C28H37N4O9P/c1-3-39-42(37,40-4-2)19-25(27(34)31-11-13-32(14-12-31)28(35)36)30-26(33)24-17-22(41-21-10-15-38-18-21)16-23(29-24)20-8-6-5-7-9-20/h5-9,16-17,21,25H,3-4,10-15,18-19H2,1-2H3,(H,30,33)(H,35,36)/t21?,25-/m0/s1. The second kappa shape index (κ2) is 14.6. The van der Waals surface area contributed by atoms with Gasteiger partial charge >= 0.3 is 13.7 Å². The van der Waals surface area contributed by atoms with Crippen LogP contribution in [0.15, 0.2) is 42.5 Å². The lowest BCUT2D eigenvalue weighted by Gasteiger charge is -2.35. The molecule has 13 nitrogen and oxygen atoms in total. The maximum Gasteiger partial charge on any atom is 0.407 e. The maximum absolute atomic E-state index is 13.7. The molecule has 3 heterocycles. The lowest BCUT2D eigenvalue weighted by Crippen LogP contribution is -2.56. The van der Waals surface area contributed by atoms with E-state index in [1.54, 1.807) is 19.9 Å². The normalized spacial score (nSPS) is 18.0. The van der Waals surface area contributed by atoms with Crippen LogP contribution in [0, 0.1) is 0 Å². The molecule has 0 spiro atoms. The second-order valence-corrected chi connectivity index (χ2v) is 11.9. The van der Waals surface area contributed by atoms with Crippen LogP contribution >= 0.6 is 7.60 Å². The summed E-state index contributed by atoms with van der Waals surface area (Å²) >= 11 is 0. The van der Waals surface area contributed by atoms with Crippen molar-refractivity contribution in [3.8, 4) is 17.0 Å². The molecular weight excluding hydrogens is 567 g/mol. The number of nitrogens with one attached hydrogen (secondary N) is 1. The average molecular weight is 605 g/mol. The Hall–Kier alpha value is -3.51. The lowest BCUT2D eigenvalue weighted by atomic mass is 10.1. The zero-order valence-corrected chi connectivity index (χ0v) is 24.7. The molecule has 0 bridgehead atoms. The number of ether oxygens (including phenoxy) is 2. The summed E-state index contributed by atoms with van der Waals surface area (Å²) in [7, 11) is -3.77. The summed E-state index contributed by atoms with van der Waals surface area (Å²) in [5.41, 5.74) is 1.27. The summed E-state index contributed by atoms with van der Waals surface area (Å²) in [6.45, 7) is 4.95. The van der Waals surface area contributed by atoms with Gasteiger partial charge in [0.25, 0.3) is 5.91 Å². The van der Waals surface area contributed by atoms with Crippen LogP contribution in [-0.2, 0) is 23.1 Å². The van der Waals surface area contributed by atoms with Gasteiger partial charge in [0.15, 0.2) is 0 Å². The van der Waals surface area contributed by atoms with E-state index in [0.29, 0.717) is 31.1 Å². The molecule has 1 unspecified atom stereocenters. The highest BCUT2D eigenvalue weighted by atomic mass is 31.2. The van der Waals surface area contributed by atoms with Crippen LogP contribution in [0.5, 0.6) is 5.75 Å². The predicted molar refractivity (Wildman–Crippen MR) is 153 cm³/mol. The molecule has 228 valence electrons. The molecule has 2 atom stereocenters. The summed E-state index contributed by atoms with van der Waals surface area (Å²) in [6.07, 6.45) is -0.940. The van der Waals surface area contributed by atoms with Gasteiger partial charge in [-0.15, -0.1) is 0 Å². The monoisotopic (exact) mass is 604 g/mol. The van der Waals surface area contributed by atoms with E-state index in [9.17, 15) is 24.1 Å². The van der Waals surface area contributed by atoms with Crippen LogP contribution in [0.3, 0.4) is 0 Å². The van der Waals surface area contributed by atoms with E-state index < -0.39 is 37.7 Å². The number of carbonyl (C=O) groups excluding carboxylic acids is 2. The SMILES string of the molecule is CCOP(=O)(C[C@H](NC(=O)c1cc(OC2CCOC2)cc(-c2ccccc2)n1)C(=O)N1CCN(C(=O)O)CC1)OCC. The van der Waals surface area contributed by atoms with E-state index in [0.717, 1.165) is 5.56 Å². The minimum atomic E-state index is -3.77. The van der Waals surface area contributed by atoms with Gasteiger partial charge < -0.3 is 38.7 Å². The second-order valence-electron chi connectivity index (χ2n) is 9.79. The fourth-order valence-electron chi connectivity index (χ4n) is 4.76. The van der Waals surface area contributed by atoms with Gasteiger partial charge in [-0.2, -0.15) is 0 Å². The number of piperazine rings is 1. The van der Waals surface area contributed by atoms with Crippen LogP contribution in [-0.4, -0.2) is 109 Å². The number of hydrogen-bond donors (Lipinski definition) is 2. The maximum atomic E-state index is 13.7. The van der Waals surface area contributed by atoms with Crippen LogP contribution < -0.4 is 10.1 Å². The number of benzene rings is 1. The number of carboxylic acid groups (broad SMARTS) is 1. The summed E-state index contributed by atoms with van der Waals surface area (Å²) in [5, 5.41) is 12.0. The highest BCUT2D eigenvalue weighted by molar-refractivity contribution is 7.54. The van der Waals surface area contributed by atoms with Gasteiger partial charge in [0.1, 0.15) is 23.6 Å². The van der Waals surface area contributed by atoms with Crippen LogP contribution in [0.4, 0.5) is 4.79 Å². The summed E-state index contributed by atoms with van der Waals surface area (Å²) in [6, 6.07) is 11.2. The molecule has 42 heavy (non-hydrogen) atoms. The average Bonchev–Trinajstić information content (AvgIpc) is 3.50. The molecule has 14 heteroatoms. The Labute approximate surface area is 244 Å². The summed E-state index contributed by atoms with van der Waals surface area (Å²) in [5.74, 6) is -0.777. The van der Waals surface area contributed by atoms with Crippen molar-refractivity contribution >= 4 is 25.5 Å². The first kappa shape index (κ1) is 31.4. The topological polar surface area (TPSA) is 157 Å². The van der Waals surface area contributed by atoms with E-state index in [1.807, 2.05) is 30.3 Å². The minimum Gasteiger partial charge on any atom is -0.488 e. The number of rotatable bonds is 12. The van der Waals surface area contributed by atoms with Crippen molar-refractivity contribution in [2.45, 2.75) is 32.4 Å². The molecule has 2 aliphatic rings. The van der Waals surface area contributed by atoms with Crippen molar-refractivity contribution < 1.29 is 42.6 Å². The van der Waals surface area contributed by atoms with E-state index in [1.165, 1.54) is 15.9 Å². The molecule has 0 saturated carbocycles. The van der Waals surface area contributed by atoms with Crippen LogP contribution in [0.1, 0.15) is 30.8 Å². The molecule has 0 aliphatic carbocycles. The molecule has 2 N–H and O–H groups in total. The van der Waals surface area contributed by atoms with Crippen molar-refractivity contribution in [1.29, 1.82) is 0 Å². The molecule has 2 aromatic rings. The van der Waals surface area contributed by atoms with Crippen molar-refractivity contribution in [3.63, 3.8) is 0 Å². The fraction of sp³-hybridized carbons (Fsp3) is 0.500. The third-order valence-electron chi connectivity index (χ3n) is 6.81. The van der Waals surface area contributed by atoms with Gasteiger partial charge in [0.05, 0.1) is 38.3 Å². The van der Waals surface area contributed by atoms with Gasteiger partial charge in [0, 0.05) is 50.3 Å². The van der Waals surface area contributed by atoms with E-state index in [-0.39, 0.29) is 51.2 Å². The molecule has 0 radical (unpaired) electrons. The number of pyridine rings is 1. The summed E-state index contributed by atoms with van der Waals surface area (Å²) in [4.78, 5) is 45.9. The first-order valence-electron chi connectivity index (χ1n) is 14.0. The van der Waals surface area contributed by atoms with Gasteiger partial charge in [-0.1, -0.05) is 30.3 Å². The number of amides is 3. The first-order chi connectivity index (χ1) is 20.2. The number of hydrogen-bond acceptors (Lipinski definition) is 9. The fourth-order valence-corrected chi connectivity index (χ4v) is 6.53. The van der Waals surface area contributed by atoms with Crippen LogP contribution in [0.25, 0.3) is 11.3 Å². The largest absolute Gasteiger partial charge is 0.488 e. The van der Waals surface area contributed by atoms with E-state index in [2.05, 4.69) is 10.3 Å². The van der Waals surface area contributed by atoms with Gasteiger partial charge in [-0.05, 0) is 13.8 Å². The smallest absolute Gasteiger partial charge is 0.407 e. The minimum absolute atomic E-state index is 0.00131. The third-order valence-corrected chi connectivity index (χ3v) is 8.93. The van der Waals surface area contributed by atoms with Crippen LogP contribution in [0.2, 0.25) is 0 Å². The summed E-state index contributed by atoms with van der Waals surface area (Å²) < 4.78 is 35.8. The quantitative estimate of drug-likeness (QED) is 0.345. The van der Waals surface area contributed by atoms with E-state index >= 15 is 0 Å². The highest BCUT2D eigenvalue weighted by Crippen LogP contribution is 2.48. The predicted octanol–water partition coefficient (Wildman–Crippen LogP) is 3.10. The molecule has 3 amide bonds. The Balaban J connectivity index is 1.62. The number of aromatic nitrogens is 1. The van der Waals surface area contributed by atoms with Crippen molar-refractivity contribution in [2.75, 3.05) is 58.8 Å². The molecule has 1 aromatic carbocycles. The molecular formula is C28H37N4O9P. The number of nitrogens with zero attached hydrogens (tertiary/aromatic N) is 3.